The summed E-state index contributed by atoms with van der Waals surface area (Å²) in [4.78, 5) is 8.73. The van der Waals surface area contributed by atoms with E-state index in [1.807, 2.05) is 41.2 Å². The molecule has 1 aromatic carbocycles. The Labute approximate surface area is 146 Å². The molecule has 6 heteroatoms. The minimum absolute atomic E-state index is 0.282. The van der Waals surface area contributed by atoms with E-state index in [2.05, 4.69) is 15.1 Å². The van der Waals surface area contributed by atoms with Gasteiger partial charge >= 0.3 is 0 Å². The van der Waals surface area contributed by atoms with Crippen molar-refractivity contribution < 1.29 is 9.47 Å². The third-order valence-electron chi connectivity index (χ3n) is 4.31. The molecule has 1 unspecified atom stereocenters. The molecule has 1 aliphatic heterocycles. The minimum Gasteiger partial charge on any atom is -0.481 e. The number of ether oxygens (including phenoxy) is 2. The topological polar surface area (TPSA) is 62.1 Å². The largest absolute Gasteiger partial charge is 0.481 e. The average Bonchev–Trinajstić information content (AvgIpc) is 3.34. The van der Waals surface area contributed by atoms with Gasteiger partial charge in [0.2, 0.25) is 5.88 Å². The molecular formula is C19H20N4O2. The van der Waals surface area contributed by atoms with Crippen molar-refractivity contribution >= 4 is 0 Å². The van der Waals surface area contributed by atoms with Gasteiger partial charge in [0.1, 0.15) is 0 Å². The Morgan fingerprint density at radius 2 is 2.16 bits per heavy atom. The van der Waals surface area contributed by atoms with Crippen molar-refractivity contribution in [1.82, 2.24) is 19.7 Å². The lowest BCUT2D eigenvalue weighted by molar-refractivity contribution is 0.0940. The molecule has 0 spiro atoms. The van der Waals surface area contributed by atoms with Gasteiger partial charge in [0.25, 0.3) is 0 Å². The molecule has 1 saturated heterocycles. The fourth-order valence-electron chi connectivity index (χ4n) is 3.03. The van der Waals surface area contributed by atoms with Crippen LogP contribution < -0.4 is 4.74 Å². The monoisotopic (exact) mass is 336 g/mol. The molecule has 2 aromatic heterocycles. The van der Waals surface area contributed by atoms with E-state index in [0.717, 1.165) is 42.8 Å². The van der Waals surface area contributed by atoms with Gasteiger partial charge in [-0.2, -0.15) is 10.1 Å². The fraction of sp³-hybridized carbons (Fsp3) is 0.316. The zero-order valence-corrected chi connectivity index (χ0v) is 14.1. The number of hydrogen-bond acceptors (Lipinski definition) is 5. The predicted octanol–water partition coefficient (Wildman–Crippen LogP) is 3.19. The fourth-order valence-corrected chi connectivity index (χ4v) is 3.03. The zero-order valence-electron chi connectivity index (χ0n) is 14.1. The van der Waals surface area contributed by atoms with Crippen LogP contribution in [0.25, 0.3) is 22.6 Å². The Morgan fingerprint density at radius 1 is 1.24 bits per heavy atom. The first kappa shape index (κ1) is 15.8. The Morgan fingerprint density at radius 3 is 3.00 bits per heavy atom. The molecule has 25 heavy (non-hydrogen) atoms. The summed E-state index contributed by atoms with van der Waals surface area (Å²) in [6.45, 7) is 1.67. The maximum absolute atomic E-state index is 5.68. The first-order valence-corrected chi connectivity index (χ1v) is 8.45. The minimum atomic E-state index is 0.282. The standard InChI is InChI=1S/C19H20N4O2/c1-24-18-7-9-20-19(21-18)15-5-2-4-14(12-15)17-8-10-23(22-17)13-16-6-3-11-25-16/h2,4-5,7-10,12,16H,3,6,11,13H2,1H3. The lowest BCUT2D eigenvalue weighted by atomic mass is 10.1. The first-order chi connectivity index (χ1) is 12.3. The predicted molar refractivity (Wildman–Crippen MR) is 94.2 cm³/mol. The average molecular weight is 336 g/mol. The molecule has 0 bridgehead atoms. The van der Waals surface area contributed by atoms with Crippen molar-refractivity contribution in [3.8, 4) is 28.5 Å². The summed E-state index contributed by atoms with van der Waals surface area (Å²) < 4.78 is 12.8. The second kappa shape index (κ2) is 7.03. The highest BCUT2D eigenvalue weighted by atomic mass is 16.5. The Bertz CT molecular complexity index is 856. The molecule has 3 heterocycles. The van der Waals surface area contributed by atoms with E-state index in [0.29, 0.717) is 11.7 Å². The van der Waals surface area contributed by atoms with Crippen LogP contribution in [0.15, 0.2) is 48.8 Å². The molecule has 3 aromatic rings. The van der Waals surface area contributed by atoms with Gasteiger partial charge in [-0.15, -0.1) is 0 Å². The number of hydrogen-bond donors (Lipinski definition) is 0. The van der Waals surface area contributed by atoms with Gasteiger partial charge in [0.05, 0.1) is 25.5 Å². The third-order valence-corrected chi connectivity index (χ3v) is 4.31. The Kier molecular flexibility index (Phi) is 4.43. The summed E-state index contributed by atoms with van der Waals surface area (Å²) in [6, 6.07) is 11.8. The lowest BCUT2D eigenvalue weighted by Gasteiger charge is -2.08. The Balaban J connectivity index is 1.57. The van der Waals surface area contributed by atoms with Crippen molar-refractivity contribution in [3.05, 3.63) is 48.8 Å². The molecule has 128 valence electrons. The van der Waals surface area contributed by atoms with Crippen molar-refractivity contribution in [3.63, 3.8) is 0 Å². The van der Waals surface area contributed by atoms with Gasteiger partial charge in [-0.05, 0) is 25.0 Å². The zero-order chi connectivity index (χ0) is 17.1. The summed E-state index contributed by atoms with van der Waals surface area (Å²) in [7, 11) is 1.60. The van der Waals surface area contributed by atoms with E-state index in [4.69, 9.17) is 9.47 Å². The second-order valence-electron chi connectivity index (χ2n) is 6.06. The molecule has 6 nitrogen and oxygen atoms in total. The van der Waals surface area contributed by atoms with E-state index in [1.54, 1.807) is 19.4 Å². The summed E-state index contributed by atoms with van der Waals surface area (Å²) >= 11 is 0. The molecule has 0 aliphatic carbocycles. The van der Waals surface area contributed by atoms with Crippen LogP contribution in [0, 0.1) is 0 Å². The van der Waals surface area contributed by atoms with Gasteiger partial charge in [-0.3, -0.25) is 4.68 Å². The van der Waals surface area contributed by atoms with Crippen LogP contribution in [0.4, 0.5) is 0 Å². The van der Waals surface area contributed by atoms with Gasteiger partial charge in [-0.1, -0.05) is 18.2 Å². The van der Waals surface area contributed by atoms with Crippen LogP contribution in [-0.4, -0.2) is 39.6 Å². The molecule has 0 amide bonds. The van der Waals surface area contributed by atoms with Gasteiger partial charge in [-0.25, -0.2) is 4.98 Å². The first-order valence-electron chi connectivity index (χ1n) is 8.45. The van der Waals surface area contributed by atoms with Crippen LogP contribution in [0.1, 0.15) is 12.8 Å². The van der Waals surface area contributed by atoms with Crippen LogP contribution >= 0.6 is 0 Å². The van der Waals surface area contributed by atoms with E-state index in [-0.39, 0.29) is 6.10 Å². The molecule has 4 rings (SSSR count). The van der Waals surface area contributed by atoms with Crippen molar-refractivity contribution in [2.75, 3.05) is 13.7 Å². The molecule has 0 saturated carbocycles. The SMILES string of the molecule is COc1ccnc(-c2cccc(-c3ccn(CC4CCCO4)n3)c2)n1. The van der Waals surface area contributed by atoms with Crippen molar-refractivity contribution in [2.24, 2.45) is 0 Å². The maximum atomic E-state index is 5.68. The number of nitrogens with zero attached hydrogens (tertiary/aromatic N) is 4. The summed E-state index contributed by atoms with van der Waals surface area (Å²) in [5, 5.41) is 4.68. The highest BCUT2D eigenvalue weighted by Crippen LogP contribution is 2.24. The molecule has 1 atom stereocenters. The van der Waals surface area contributed by atoms with Crippen molar-refractivity contribution in [1.29, 1.82) is 0 Å². The van der Waals surface area contributed by atoms with Crippen LogP contribution in [-0.2, 0) is 11.3 Å². The van der Waals surface area contributed by atoms with Crippen LogP contribution in [0.3, 0.4) is 0 Å². The third kappa shape index (κ3) is 3.53. The smallest absolute Gasteiger partial charge is 0.216 e. The quantitative estimate of drug-likeness (QED) is 0.716. The number of rotatable bonds is 5. The summed E-state index contributed by atoms with van der Waals surface area (Å²) in [5.41, 5.74) is 2.91. The maximum Gasteiger partial charge on any atom is 0.216 e. The molecule has 1 fully saturated rings. The molecule has 0 N–H and O–H groups in total. The summed E-state index contributed by atoms with van der Waals surface area (Å²) in [6.07, 6.45) is 6.24. The van der Waals surface area contributed by atoms with Crippen LogP contribution in [0.2, 0.25) is 0 Å². The Hall–Kier alpha value is -2.73. The van der Waals surface area contributed by atoms with Crippen molar-refractivity contribution in [2.45, 2.75) is 25.5 Å². The highest BCUT2D eigenvalue weighted by Gasteiger charge is 2.16. The van der Waals surface area contributed by atoms with Crippen LogP contribution in [0.5, 0.6) is 5.88 Å². The molecule has 0 radical (unpaired) electrons. The normalized spacial score (nSPS) is 16.9. The van der Waals surface area contributed by atoms with E-state index in [9.17, 15) is 0 Å². The lowest BCUT2D eigenvalue weighted by Crippen LogP contribution is -2.15. The number of methoxy groups -OCH3 is 1. The highest BCUT2D eigenvalue weighted by molar-refractivity contribution is 5.67. The summed E-state index contributed by atoms with van der Waals surface area (Å²) in [5.74, 6) is 1.19. The van der Waals surface area contributed by atoms with E-state index in [1.165, 1.54) is 0 Å². The second-order valence-corrected chi connectivity index (χ2v) is 6.06. The van der Waals surface area contributed by atoms with Gasteiger partial charge < -0.3 is 9.47 Å². The molecule has 1 aliphatic rings. The van der Waals surface area contributed by atoms with E-state index < -0.39 is 0 Å². The van der Waals surface area contributed by atoms with E-state index >= 15 is 0 Å². The van der Waals surface area contributed by atoms with Gasteiger partial charge in [0, 0.05) is 36.2 Å². The van der Waals surface area contributed by atoms with Gasteiger partial charge in [0.15, 0.2) is 5.82 Å². The molecular weight excluding hydrogens is 316 g/mol. The number of aromatic nitrogens is 4. The number of benzene rings is 1.